The SMILES string of the molecule is Nc1nnc(-c2ccccc2O)cc1C#Cc1cnn(N)c1. The summed E-state index contributed by atoms with van der Waals surface area (Å²) >= 11 is 0. The van der Waals surface area contributed by atoms with Gasteiger partial charge in [0.25, 0.3) is 0 Å². The molecule has 0 aliphatic rings. The van der Waals surface area contributed by atoms with Crippen LogP contribution in [0.3, 0.4) is 0 Å². The van der Waals surface area contributed by atoms with E-state index in [4.69, 9.17) is 11.6 Å². The second kappa shape index (κ2) is 5.46. The zero-order valence-corrected chi connectivity index (χ0v) is 11.4. The van der Waals surface area contributed by atoms with Crippen LogP contribution in [0.2, 0.25) is 0 Å². The number of para-hydroxylation sites is 1. The molecule has 2 heterocycles. The van der Waals surface area contributed by atoms with Crippen LogP contribution < -0.4 is 11.6 Å². The van der Waals surface area contributed by atoms with E-state index in [0.29, 0.717) is 22.4 Å². The number of benzene rings is 1. The van der Waals surface area contributed by atoms with Crippen molar-refractivity contribution >= 4 is 5.82 Å². The molecule has 7 heteroatoms. The van der Waals surface area contributed by atoms with Gasteiger partial charge in [-0.2, -0.15) is 9.89 Å². The molecule has 3 rings (SSSR count). The number of hydrogen-bond acceptors (Lipinski definition) is 6. The lowest BCUT2D eigenvalue weighted by atomic mass is 10.1. The smallest absolute Gasteiger partial charge is 0.161 e. The average Bonchev–Trinajstić information content (AvgIpc) is 2.93. The lowest BCUT2D eigenvalue weighted by Gasteiger charge is -2.04. The van der Waals surface area contributed by atoms with Crippen molar-refractivity contribution in [2.24, 2.45) is 0 Å². The Kier molecular flexibility index (Phi) is 3.34. The number of phenolic OH excluding ortho intramolecular Hbond substituents is 1. The molecule has 5 N–H and O–H groups in total. The molecule has 0 aliphatic heterocycles. The molecular weight excluding hydrogens is 280 g/mol. The summed E-state index contributed by atoms with van der Waals surface area (Å²) in [5, 5.41) is 21.6. The van der Waals surface area contributed by atoms with Crippen LogP contribution in [0.25, 0.3) is 11.3 Å². The monoisotopic (exact) mass is 292 g/mol. The van der Waals surface area contributed by atoms with E-state index in [1.54, 1.807) is 42.7 Å². The van der Waals surface area contributed by atoms with Gasteiger partial charge >= 0.3 is 0 Å². The lowest BCUT2D eigenvalue weighted by Crippen LogP contribution is -2.07. The normalized spacial score (nSPS) is 10.0. The summed E-state index contributed by atoms with van der Waals surface area (Å²) in [5.74, 6) is 11.6. The third kappa shape index (κ3) is 2.66. The fourth-order valence-electron chi connectivity index (χ4n) is 1.87. The minimum Gasteiger partial charge on any atom is -0.507 e. The summed E-state index contributed by atoms with van der Waals surface area (Å²) in [4.78, 5) is 1.17. The minimum absolute atomic E-state index is 0.116. The molecular formula is C15H12N6O. The van der Waals surface area contributed by atoms with Crippen molar-refractivity contribution in [3.63, 3.8) is 0 Å². The molecule has 0 saturated heterocycles. The van der Waals surface area contributed by atoms with Crippen molar-refractivity contribution < 1.29 is 5.11 Å². The first kappa shape index (κ1) is 13.5. The van der Waals surface area contributed by atoms with Crippen LogP contribution in [0.15, 0.2) is 42.7 Å². The number of hydrogen-bond donors (Lipinski definition) is 3. The highest BCUT2D eigenvalue weighted by Crippen LogP contribution is 2.27. The van der Waals surface area contributed by atoms with Gasteiger partial charge in [-0.15, -0.1) is 10.2 Å². The fourth-order valence-corrected chi connectivity index (χ4v) is 1.87. The Labute approximate surface area is 126 Å². The standard InChI is InChI=1S/C15H12N6O/c16-15-11(6-5-10-8-18-21(17)9-10)7-13(19-20-15)12-3-1-2-4-14(12)22/h1-4,7-9,22H,17H2,(H2,16,20). The lowest BCUT2D eigenvalue weighted by molar-refractivity contribution is 0.477. The Morgan fingerprint density at radius 1 is 1.14 bits per heavy atom. The van der Waals surface area contributed by atoms with E-state index in [1.807, 2.05) is 0 Å². The highest BCUT2D eigenvalue weighted by molar-refractivity contribution is 5.69. The first-order chi connectivity index (χ1) is 10.6. The van der Waals surface area contributed by atoms with Gasteiger partial charge in [0.1, 0.15) is 5.75 Å². The fraction of sp³-hybridized carbons (Fsp3) is 0. The third-order valence-electron chi connectivity index (χ3n) is 2.95. The van der Waals surface area contributed by atoms with Gasteiger partial charge < -0.3 is 16.7 Å². The molecule has 3 aromatic rings. The number of nitrogens with two attached hydrogens (primary N) is 2. The number of nitrogens with zero attached hydrogens (tertiary/aromatic N) is 4. The zero-order valence-electron chi connectivity index (χ0n) is 11.4. The van der Waals surface area contributed by atoms with Crippen molar-refractivity contribution in [3.05, 3.63) is 53.9 Å². The number of aromatic nitrogens is 4. The van der Waals surface area contributed by atoms with Gasteiger partial charge in [0, 0.05) is 5.56 Å². The molecule has 0 saturated carbocycles. The maximum Gasteiger partial charge on any atom is 0.161 e. The van der Waals surface area contributed by atoms with Crippen LogP contribution in [0.5, 0.6) is 5.75 Å². The Morgan fingerprint density at radius 3 is 2.68 bits per heavy atom. The van der Waals surface area contributed by atoms with Crippen molar-refractivity contribution in [3.8, 4) is 28.8 Å². The molecule has 0 amide bonds. The topological polar surface area (TPSA) is 116 Å². The van der Waals surface area contributed by atoms with Crippen molar-refractivity contribution in [2.45, 2.75) is 0 Å². The van der Waals surface area contributed by atoms with E-state index in [0.717, 1.165) is 0 Å². The van der Waals surface area contributed by atoms with Crippen LogP contribution >= 0.6 is 0 Å². The summed E-state index contributed by atoms with van der Waals surface area (Å²) in [6.07, 6.45) is 3.13. The maximum absolute atomic E-state index is 9.87. The molecule has 7 nitrogen and oxygen atoms in total. The van der Waals surface area contributed by atoms with Crippen LogP contribution in [0, 0.1) is 11.8 Å². The molecule has 0 radical (unpaired) electrons. The molecule has 1 aromatic carbocycles. The summed E-state index contributed by atoms with van der Waals surface area (Å²) in [6.45, 7) is 0. The van der Waals surface area contributed by atoms with Crippen molar-refractivity contribution in [1.82, 2.24) is 20.1 Å². The van der Waals surface area contributed by atoms with Crippen molar-refractivity contribution in [1.29, 1.82) is 0 Å². The number of rotatable bonds is 1. The van der Waals surface area contributed by atoms with Crippen LogP contribution in [-0.4, -0.2) is 25.2 Å². The Hall–Kier alpha value is -3.53. The van der Waals surface area contributed by atoms with Gasteiger partial charge in [-0.05, 0) is 18.2 Å². The van der Waals surface area contributed by atoms with Gasteiger partial charge in [-0.1, -0.05) is 24.0 Å². The van der Waals surface area contributed by atoms with E-state index in [-0.39, 0.29) is 11.6 Å². The van der Waals surface area contributed by atoms with E-state index in [2.05, 4.69) is 27.1 Å². The predicted octanol–water partition coefficient (Wildman–Crippen LogP) is 0.742. The van der Waals surface area contributed by atoms with Gasteiger partial charge in [-0.3, -0.25) is 0 Å². The van der Waals surface area contributed by atoms with E-state index >= 15 is 0 Å². The Balaban J connectivity index is 2.01. The van der Waals surface area contributed by atoms with Gasteiger partial charge in [0.05, 0.1) is 29.2 Å². The Morgan fingerprint density at radius 2 is 1.95 bits per heavy atom. The molecule has 0 atom stereocenters. The van der Waals surface area contributed by atoms with E-state index < -0.39 is 0 Å². The van der Waals surface area contributed by atoms with Crippen LogP contribution in [0.1, 0.15) is 11.1 Å². The molecule has 0 bridgehead atoms. The van der Waals surface area contributed by atoms with Crippen LogP contribution in [-0.2, 0) is 0 Å². The molecule has 2 aromatic heterocycles. The summed E-state index contributed by atoms with van der Waals surface area (Å²) in [7, 11) is 0. The molecule has 0 fully saturated rings. The average molecular weight is 292 g/mol. The number of anilines is 1. The third-order valence-corrected chi connectivity index (χ3v) is 2.95. The quantitative estimate of drug-likeness (QED) is 0.450. The van der Waals surface area contributed by atoms with E-state index in [9.17, 15) is 5.11 Å². The molecule has 108 valence electrons. The van der Waals surface area contributed by atoms with Gasteiger partial charge in [0.2, 0.25) is 0 Å². The Bertz CT molecular complexity index is 890. The molecule has 0 aliphatic carbocycles. The predicted molar refractivity (Wildman–Crippen MR) is 81.9 cm³/mol. The maximum atomic E-state index is 9.87. The second-order valence-electron chi connectivity index (χ2n) is 4.50. The second-order valence-corrected chi connectivity index (χ2v) is 4.50. The summed E-state index contributed by atoms with van der Waals surface area (Å²) in [5.41, 5.74) is 8.01. The summed E-state index contributed by atoms with van der Waals surface area (Å²) in [6, 6.07) is 8.53. The van der Waals surface area contributed by atoms with Gasteiger partial charge in [0.15, 0.2) is 5.82 Å². The first-order valence-corrected chi connectivity index (χ1v) is 6.37. The number of aromatic hydroxyl groups is 1. The number of phenols is 1. The highest BCUT2D eigenvalue weighted by Gasteiger charge is 2.08. The largest absolute Gasteiger partial charge is 0.507 e. The zero-order chi connectivity index (χ0) is 15.5. The molecule has 0 unspecified atom stereocenters. The first-order valence-electron chi connectivity index (χ1n) is 6.37. The van der Waals surface area contributed by atoms with Gasteiger partial charge in [-0.25, -0.2) is 0 Å². The van der Waals surface area contributed by atoms with E-state index in [1.165, 1.54) is 4.79 Å². The van der Waals surface area contributed by atoms with Crippen LogP contribution in [0.4, 0.5) is 5.82 Å². The summed E-state index contributed by atoms with van der Waals surface area (Å²) < 4.78 is 0. The highest BCUT2D eigenvalue weighted by atomic mass is 16.3. The minimum atomic E-state index is 0.116. The number of nitrogen functional groups attached to an aromatic ring is 2. The molecule has 22 heavy (non-hydrogen) atoms. The van der Waals surface area contributed by atoms with Crippen molar-refractivity contribution in [2.75, 3.05) is 11.6 Å². The molecule has 0 spiro atoms.